The third-order valence-corrected chi connectivity index (χ3v) is 5.98. The van der Waals surface area contributed by atoms with Crippen molar-refractivity contribution in [1.29, 1.82) is 0 Å². The topological polar surface area (TPSA) is 71.8 Å². The fraction of sp³-hybridized carbons (Fsp3) is 0.0800. The third-order valence-electron chi connectivity index (χ3n) is 5.38. The van der Waals surface area contributed by atoms with Gasteiger partial charge in [0, 0.05) is 21.3 Å². The molecule has 172 valence electrons. The van der Waals surface area contributed by atoms with Crippen LogP contribution in [0.4, 0.5) is 11.9 Å². The van der Waals surface area contributed by atoms with Gasteiger partial charge in [0.1, 0.15) is 6.04 Å². The van der Waals surface area contributed by atoms with E-state index in [1.54, 1.807) is 28.9 Å². The van der Waals surface area contributed by atoms with Gasteiger partial charge in [0.15, 0.2) is 0 Å². The molecule has 9 heteroatoms. The van der Waals surface area contributed by atoms with Gasteiger partial charge in [0.2, 0.25) is 5.95 Å². The Kier molecular flexibility index (Phi) is 6.93. The first-order valence-corrected chi connectivity index (χ1v) is 11.1. The molecule has 3 aromatic carbocycles. The average Bonchev–Trinajstić information content (AvgIpc) is 3.22. The molecule has 34 heavy (non-hydrogen) atoms. The largest absolute Gasteiger partial charge is 0.324 e. The van der Waals surface area contributed by atoms with Crippen molar-refractivity contribution in [2.45, 2.75) is 13.0 Å². The van der Waals surface area contributed by atoms with Crippen molar-refractivity contribution < 1.29 is 4.79 Å². The molecule has 5 rings (SSSR count). The minimum Gasteiger partial charge on any atom is -0.324 e. The molecule has 1 atom stereocenters. The number of carbonyl (C=O) groups excluding carboxylic acids is 1. The highest BCUT2D eigenvalue weighted by Gasteiger charge is 2.27. The van der Waals surface area contributed by atoms with E-state index in [4.69, 9.17) is 23.2 Å². The van der Waals surface area contributed by atoms with E-state index in [0.717, 1.165) is 16.8 Å². The second kappa shape index (κ2) is 9.89. The molecule has 1 aromatic heterocycles. The van der Waals surface area contributed by atoms with E-state index in [2.05, 4.69) is 38.9 Å². The maximum atomic E-state index is 12.7. The Morgan fingerprint density at radius 2 is 1.71 bits per heavy atom. The predicted molar refractivity (Wildman–Crippen MR) is 139 cm³/mol. The summed E-state index contributed by atoms with van der Waals surface area (Å²) in [5.41, 5.74) is 4.41. The zero-order valence-electron chi connectivity index (χ0n) is 18.0. The highest BCUT2D eigenvalue weighted by atomic mass is 35.5. The number of rotatable bonds is 4. The number of fused-ring (bicyclic) bond motifs is 1. The van der Waals surface area contributed by atoms with Gasteiger partial charge in [-0.05, 0) is 54.5 Å². The lowest BCUT2D eigenvalue weighted by Crippen LogP contribution is -2.20. The molecule has 2 N–H and O–H groups in total. The van der Waals surface area contributed by atoms with Crippen LogP contribution in [0.15, 0.2) is 78.9 Å². The molecule has 6 nitrogen and oxygen atoms in total. The van der Waals surface area contributed by atoms with Crippen LogP contribution in [-0.4, -0.2) is 20.7 Å². The summed E-state index contributed by atoms with van der Waals surface area (Å²) in [4.78, 5) is 17.2. The first-order valence-electron chi connectivity index (χ1n) is 10.3. The molecular formula is C25H20Cl3N5O. The van der Waals surface area contributed by atoms with Crippen molar-refractivity contribution in [1.82, 2.24) is 14.8 Å². The molecule has 1 unspecified atom stereocenters. The molecule has 0 aliphatic carbocycles. The Labute approximate surface area is 213 Å². The zero-order chi connectivity index (χ0) is 22.9. The molecule has 1 aliphatic heterocycles. The number of aryl methyl sites for hydroxylation is 1. The van der Waals surface area contributed by atoms with E-state index >= 15 is 0 Å². The highest BCUT2D eigenvalue weighted by Crippen LogP contribution is 2.36. The van der Waals surface area contributed by atoms with Crippen LogP contribution in [-0.2, 0) is 0 Å². The van der Waals surface area contributed by atoms with Gasteiger partial charge in [0.25, 0.3) is 11.9 Å². The maximum Gasteiger partial charge on any atom is 0.258 e. The van der Waals surface area contributed by atoms with Gasteiger partial charge in [-0.3, -0.25) is 10.1 Å². The lowest BCUT2D eigenvalue weighted by atomic mass is 10.0. The number of halogens is 3. The zero-order valence-corrected chi connectivity index (χ0v) is 20.3. The second-order valence-corrected chi connectivity index (χ2v) is 8.55. The minimum atomic E-state index is -0.323. The Morgan fingerprint density at radius 1 is 1.00 bits per heavy atom. The van der Waals surface area contributed by atoms with Crippen LogP contribution in [0.3, 0.4) is 0 Å². The molecule has 1 aliphatic rings. The summed E-state index contributed by atoms with van der Waals surface area (Å²) in [7, 11) is 0. The minimum absolute atomic E-state index is 0. The Hall–Kier alpha value is -3.32. The molecule has 0 saturated heterocycles. The van der Waals surface area contributed by atoms with Crippen LogP contribution in [0.1, 0.15) is 33.1 Å². The van der Waals surface area contributed by atoms with Crippen LogP contribution in [0.25, 0.3) is 5.70 Å². The smallest absolute Gasteiger partial charge is 0.258 e. The van der Waals surface area contributed by atoms with Gasteiger partial charge < -0.3 is 5.32 Å². The van der Waals surface area contributed by atoms with Gasteiger partial charge in [-0.2, -0.15) is 4.98 Å². The molecule has 0 spiro atoms. The van der Waals surface area contributed by atoms with Crippen molar-refractivity contribution >= 4 is 59.1 Å². The first-order chi connectivity index (χ1) is 16.0. The van der Waals surface area contributed by atoms with E-state index in [1.807, 2.05) is 43.3 Å². The Balaban J connectivity index is 0.00000274. The monoisotopic (exact) mass is 511 g/mol. The summed E-state index contributed by atoms with van der Waals surface area (Å²) < 4.78 is 1.72. The van der Waals surface area contributed by atoms with Crippen molar-refractivity contribution in [3.8, 4) is 0 Å². The van der Waals surface area contributed by atoms with Gasteiger partial charge in [-0.15, -0.1) is 17.5 Å². The molecule has 0 radical (unpaired) electrons. The predicted octanol–water partition coefficient (Wildman–Crippen LogP) is 6.62. The molecular weight excluding hydrogens is 493 g/mol. The number of hydrogen-bond donors (Lipinski definition) is 2. The molecule has 0 fully saturated rings. The van der Waals surface area contributed by atoms with Gasteiger partial charge in [-0.25, -0.2) is 4.68 Å². The highest BCUT2D eigenvalue weighted by molar-refractivity contribution is 6.31. The Bertz CT molecular complexity index is 1360. The maximum absolute atomic E-state index is 12.7. The van der Waals surface area contributed by atoms with E-state index in [0.29, 0.717) is 21.6 Å². The normalized spacial score (nSPS) is 14.3. The number of nitrogens with zero attached hydrogens (tertiary/aromatic N) is 3. The quantitative estimate of drug-likeness (QED) is 0.322. The van der Waals surface area contributed by atoms with Crippen molar-refractivity contribution in [3.63, 3.8) is 0 Å². The van der Waals surface area contributed by atoms with Crippen LogP contribution in [0.5, 0.6) is 0 Å². The molecule has 1 amide bonds. The van der Waals surface area contributed by atoms with E-state index in [1.165, 1.54) is 5.56 Å². The molecule has 0 bridgehead atoms. The number of benzene rings is 3. The Morgan fingerprint density at radius 3 is 2.41 bits per heavy atom. The van der Waals surface area contributed by atoms with Gasteiger partial charge in [-0.1, -0.05) is 71.2 Å². The third kappa shape index (κ3) is 4.80. The van der Waals surface area contributed by atoms with E-state index in [9.17, 15) is 4.79 Å². The first kappa shape index (κ1) is 23.8. The number of carbonyl (C=O) groups is 1. The van der Waals surface area contributed by atoms with Crippen molar-refractivity contribution in [2.24, 2.45) is 0 Å². The van der Waals surface area contributed by atoms with Gasteiger partial charge in [0.05, 0.1) is 0 Å². The standard InChI is InChI=1S/C25H19Cl2N5O.ClH/c1-15-6-8-16(9-7-15)21-14-22(19-4-2-3-5-20(19)27)32-25(28-21)30-24(31-32)29-23(33)17-10-12-18(26)13-11-17;/h2-14,22H,1H3,(H2,28,29,30,31,33);1H. The van der Waals surface area contributed by atoms with Crippen LogP contribution in [0.2, 0.25) is 10.0 Å². The van der Waals surface area contributed by atoms with E-state index in [-0.39, 0.29) is 30.3 Å². The van der Waals surface area contributed by atoms with Crippen LogP contribution < -0.4 is 10.6 Å². The molecule has 2 heterocycles. The lowest BCUT2D eigenvalue weighted by Gasteiger charge is -2.25. The lowest BCUT2D eigenvalue weighted by molar-refractivity contribution is 0.102. The number of allylic oxidation sites excluding steroid dienone is 1. The number of anilines is 2. The fourth-order valence-corrected chi connectivity index (χ4v) is 4.03. The van der Waals surface area contributed by atoms with Crippen molar-refractivity contribution in [2.75, 3.05) is 10.6 Å². The summed E-state index contributed by atoms with van der Waals surface area (Å²) in [6, 6.07) is 22.1. The number of amides is 1. The van der Waals surface area contributed by atoms with Crippen LogP contribution >= 0.6 is 35.6 Å². The summed E-state index contributed by atoms with van der Waals surface area (Å²) in [5.74, 6) is 0.369. The molecule has 4 aromatic rings. The van der Waals surface area contributed by atoms with Crippen molar-refractivity contribution in [3.05, 3.63) is 111 Å². The molecule has 0 saturated carbocycles. The van der Waals surface area contributed by atoms with Gasteiger partial charge >= 0.3 is 0 Å². The fourth-order valence-electron chi connectivity index (χ4n) is 3.66. The summed E-state index contributed by atoms with van der Waals surface area (Å²) >= 11 is 12.5. The SMILES string of the molecule is Cc1ccc(C2=CC(c3ccccc3Cl)n3nc(NC(=O)c4ccc(Cl)cc4)nc3N2)cc1.Cl. The van der Waals surface area contributed by atoms with E-state index < -0.39 is 0 Å². The number of nitrogens with one attached hydrogen (secondary N) is 2. The number of aromatic nitrogens is 3. The number of hydrogen-bond acceptors (Lipinski definition) is 4. The summed E-state index contributed by atoms with van der Waals surface area (Å²) in [5, 5.41) is 11.8. The average molecular weight is 513 g/mol. The second-order valence-electron chi connectivity index (χ2n) is 7.70. The summed E-state index contributed by atoms with van der Waals surface area (Å²) in [6.07, 6.45) is 2.05. The van der Waals surface area contributed by atoms with Crippen LogP contribution in [0, 0.1) is 6.92 Å². The summed E-state index contributed by atoms with van der Waals surface area (Å²) in [6.45, 7) is 2.05.